The zero-order valence-electron chi connectivity index (χ0n) is 19.7. The van der Waals surface area contributed by atoms with Gasteiger partial charge in [-0.15, -0.1) is 0 Å². The van der Waals surface area contributed by atoms with E-state index in [1.54, 1.807) is 32.4 Å². The number of hydrogen-bond donors (Lipinski definition) is 0. The van der Waals surface area contributed by atoms with Gasteiger partial charge in [0.1, 0.15) is 12.4 Å². The Hall–Kier alpha value is -2.89. The van der Waals surface area contributed by atoms with Crippen molar-refractivity contribution >= 4 is 29.1 Å². The summed E-state index contributed by atoms with van der Waals surface area (Å²) in [6.07, 6.45) is 0.673. The molecule has 0 N–H and O–H groups in total. The first kappa shape index (κ1) is 24.2. The van der Waals surface area contributed by atoms with E-state index in [0.717, 1.165) is 28.0 Å². The smallest absolute Gasteiger partial charge is 0.256 e. The quantitative estimate of drug-likeness (QED) is 0.391. The van der Waals surface area contributed by atoms with Crippen molar-refractivity contribution in [3.63, 3.8) is 0 Å². The number of ether oxygens (including phenoxy) is 3. The molecule has 1 heterocycles. The molecule has 1 aliphatic heterocycles. The molecule has 0 saturated heterocycles. The van der Waals surface area contributed by atoms with E-state index in [2.05, 4.69) is 6.07 Å². The van der Waals surface area contributed by atoms with Gasteiger partial charge in [0, 0.05) is 11.6 Å². The molecule has 3 aromatic carbocycles. The molecule has 0 radical (unpaired) electrons. The van der Waals surface area contributed by atoms with Crippen molar-refractivity contribution in [2.24, 2.45) is 0 Å². The highest BCUT2D eigenvalue weighted by Gasteiger charge is 2.34. The van der Waals surface area contributed by atoms with Crippen molar-refractivity contribution in [3.05, 3.63) is 86.4 Å². The van der Waals surface area contributed by atoms with Crippen LogP contribution in [0.3, 0.4) is 0 Å². The lowest BCUT2D eigenvalue weighted by Crippen LogP contribution is -2.42. The number of fused-ring (bicyclic) bond motifs is 1. The van der Waals surface area contributed by atoms with E-state index < -0.39 is 0 Å². The van der Waals surface area contributed by atoms with Gasteiger partial charge < -0.3 is 19.1 Å². The second-order valence-corrected chi connectivity index (χ2v) is 9.27. The molecule has 0 aromatic heterocycles. The fourth-order valence-corrected chi connectivity index (χ4v) is 4.95. The third kappa shape index (κ3) is 4.96. The van der Waals surface area contributed by atoms with Crippen LogP contribution in [0.2, 0.25) is 10.0 Å². The normalized spacial score (nSPS) is 15.0. The molecular weight excluding hydrogens is 473 g/mol. The van der Waals surface area contributed by atoms with Gasteiger partial charge in [-0.3, -0.25) is 4.79 Å². The lowest BCUT2D eigenvalue weighted by atomic mass is 9.91. The summed E-state index contributed by atoms with van der Waals surface area (Å²) >= 11 is 12.4. The van der Waals surface area contributed by atoms with Crippen molar-refractivity contribution in [1.29, 1.82) is 0 Å². The van der Waals surface area contributed by atoms with Gasteiger partial charge in [-0.1, -0.05) is 29.3 Å². The van der Waals surface area contributed by atoms with Crippen molar-refractivity contribution in [3.8, 4) is 17.2 Å². The summed E-state index contributed by atoms with van der Waals surface area (Å²) in [6, 6.07) is 14.6. The summed E-state index contributed by atoms with van der Waals surface area (Å²) in [5.41, 5.74) is 4.70. The fraction of sp³-hybridized carbons (Fsp3) is 0.296. The molecule has 3 aromatic rings. The van der Waals surface area contributed by atoms with E-state index in [-0.39, 0.29) is 18.6 Å². The predicted molar refractivity (Wildman–Crippen MR) is 135 cm³/mol. The number of halogens is 2. The molecule has 34 heavy (non-hydrogen) atoms. The number of benzene rings is 3. The zero-order valence-corrected chi connectivity index (χ0v) is 21.2. The van der Waals surface area contributed by atoms with Crippen LogP contribution in [0.1, 0.15) is 38.7 Å². The largest absolute Gasteiger partial charge is 0.493 e. The minimum atomic E-state index is -0.344. The Morgan fingerprint density at radius 3 is 2.29 bits per heavy atom. The molecule has 5 nitrogen and oxygen atoms in total. The van der Waals surface area contributed by atoms with Crippen LogP contribution in [0.5, 0.6) is 17.2 Å². The maximum atomic E-state index is 13.6. The average Bonchev–Trinajstić information content (AvgIpc) is 2.80. The number of hydrogen-bond acceptors (Lipinski definition) is 4. The van der Waals surface area contributed by atoms with Crippen LogP contribution in [0, 0.1) is 13.8 Å². The van der Waals surface area contributed by atoms with Crippen LogP contribution in [0.15, 0.2) is 48.5 Å². The number of carbonyl (C=O) groups is 1. The van der Waals surface area contributed by atoms with Gasteiger partial charge in [0.2, 0.25) is 0 Å². The van der Waals surface area contributed by atoms with E-state index in [1.807, 2.05) is 43.0 Å². The molecule has 0 aliphatic carbocycles. The first-order chi connectivity index (χ1) is 16.3. The van der Waals surface area contributed by atoms with E-state index in [9.17, 15) is 4.79 Å². The van der Waals surface area contributed by atoms with E-state index in [1.165, 1.54) is 0 Å². The minimum Gasteiger partial charge on any atom is -0.493 e. The molecule has 0 saturated carbocycles. The Morgan fingerprint density at radius 1 is 0.971 bits per heavy atom. The van der Waals surface area contributed by atoms with Gasteiger partial charge in [0.15, 0.2) is 11.5 Å². The maximum absolute atomic E-state index is 13.6. The maximum Gasteiger partial charge on any atom is 0.256 e. The highest BCUT2D eigenvalue weighted by molar-refractivity contribution is 6.36. The molecule has 1 unspecified atom stereocenters. The lowest BCUT2D eigenvalue weighted by molar-refractivity contribution is 0.0589. The van der Waals surface area contributed by atoms with Gasteiger partial charge in [-0.05, 0) is 85.0 Å². The molecular formula is C27H27Cl2NO4. The summed E-state index contributed by atoms with van der Waals surface area (Å²) in [5.74, 6) is 1.87. The molecule has 1 aliphatic rings. The third-order valence-electron chi connectivity index (χ3n) is 6.03. The first-order valence-corrected chi connectivity index (χ1v) is 11.8. The van der Waals surface area contributed by atoms with Gasteiger partial charge in [-0.25, -0.2) is 0 Å². The van der Waals surface area contributed by atoms with Crippen molar-refractivity contribution < 1.29 is 19.0 Å². The Bertz CT molecular complexity index is 1210. The monoisotopic (exact) mass is 499 g/mol. The number of nitrogens with zero attached hydrogens (tertiary/aromatic N) is 1. The van der Waals surface area contributed by atoms with Gasteiger partial charge in [0.25, 0.3) is 5.91 Å². The van der Waals surface area contributed by atoms with Crippen molar-refractivity contribution in [2.75, 3.05) is 27.4 Å². The van der Waals surface area contributed by atoms with E-state index >= 15 is 0 Å². The summed E-state index contributed by atoms with van der Waals surface area (Å²) in [5, 5.41) is 0.807. The summed E-state index contributed by atoms with van der Waals surface area (Å²) < 4.78 is 17.3. The predicted octanol–water partition coefficient (Wildman–Crippen LogP) is 6.45. The molecule has 7 heteroatoms. The Morgan fingerprint density at radius 2 is 1.65 bits per heavy atom. The molecule has 1 atom stereocenters. The van der Waals surface area contributed by atoms with Crippen molar-refractivity contribution in [2.45, 2.75) is 26.3 Å². The Balaban J connectivity index is 1.73. The van der Waals surface area contributed by atoms with E-state index in [4.69, 9.17) is 37.4 Å². The molecule has 0 fully saturated rings. The minimum absolute atomic E-state index is 0.170. The topological polar surface area (TPSA) is 48.0 Å². The lowest BCUT2D eigenvalue weighted by Gasteiger charge is -2.38. The number of aryl methyl sites for hydroxylation is 2. The highest BCUT2D eigenvalue weighted by Crippen LogP contribution is 2.39. The second kappa shape index (κ2) is 10.2. The SMILES string of the molecule is COc1cc2c(cc1OC)C(COc1cc(C)cc(C)c1)N(C(=O)c1ccc(Cl)cc1Cl)CC2. The third-order valence-corrected chi connectivity index (χ3v) is 6.58. The standard InChI is InChI=1S/C27H27Cl2NO4/c1-16-9-17(2)11-20(10-16)34-15-24-22-14-26(33-4)25(32-3)12-18(22)7-8-30(24)27(31)21-6-5-19(28)13-23(21)29/h5-6,9-14,24H,7-8,15H2,1-4H3. The van der Waals surface area contributed by atoms with Crippen LogP contribution in [0.25, 0.3) is 0 Å². The molecule has 0 spiro atoms. The first-order valence-electron chi connectivity index (χ1n) is 11.0. The molecule has 0 bridgehead atoms. The number of methoxy groups -OCH3 is 2. The number of carbonyl (C=O) groups excluding carboxylic acids is 1. The van der Waals surface area contributed by atoms with Crippen LogP contribution in [0.4, 0.5) is 0 Å². The molecule has 178 valence electrons. The van der Waals surface area contributed by atoms with Gasteiger partial charge in [0.05, 0.1) is 30.8 Å². The van der Waals surface area contributed by atoms with Gasteiger partial charge in [-0.2, -0.15) is 0 Å². The fourth-order valence-electron chi connectivity index (χ4n) is 4.46. The number of amides is 1. The van der Waals surface area contributed by atoms with Crippen LogP contribution >= 0.6 is 23.2 Å². The highest BCUT2D eigenvalue weighted by atomic mass is 35.5. The summed E-state index contributed by atoms with van der Waals surface area (Å²) in [7, 11) is 3.22. The van der Waals surface area contributed by atoms with Crippen molar-refractivity contribution in [1.82, 2.24) is 4.90 Å². The van der Waals surface area contributed by atoms with Gasteiger partial charge >= 0.3 is 0 Å². The summed E-state index contributed by atoms with van der Waals surface area (Å²) in [6.45, 7) is 4.86. The Labute approximate surface area is 210 Å². The van der Waals surface area contributed by atoms with Crippen LogP contribution in [-0.4, -0.2) is 38.2 Å². The molecule has 1 amide bonds. The zero-order chi connectivity index (χ0) is 24.4. The van der Waals surface area contributed by atoms with Crippen LogP contribution < -0.4 is 14.2 Å². The number of rotatable bonds is 6. The second-order valence-electron chi connectivity index (χ2n) is 8.43. The van der Waals surface area contributed by atoms with E-state index in [0.29, 0.717) is 40.1 Å². The average molecular weight is 500 g/mol. The summed E-state index contributed by atoms with van der Waals surface area (Å²) in [4.78, 5) is 15.4. The Kier molecular flexibility index (Phi) is 7.24. The van der Waals surface area contributed by atoms with Crippen LogP contribution in [-0.2, 0) is 6.42 Å². The molecule has 4 rings (SSSR count).